The van der Waals surface area contributed by atoms with Crippen LogP contribution in [0.15, 0.2) is 18.2 Å². The maximum atomic E-state index is 12.4. The number of hydrogen-bond acceptors (Lipinski definition) is 8. The molecule has 0 aliphatic carbocycles. The second kappa shape index (κ2) is 8.57. The molecule has 140 valence electrons. The second-order valence-corrected chi connectivity index (χ2v) is 5.92. The first-order chi connectivity index (χ1) is 11.6. The van der Waals surface area contributed by atoms with Crippen LogP contribution >= 0.6 is 0 Å². The molecule has 25 heavy (non-hydrogen) atoms. The van der Waals surface area contributed by atoms with Gasteiger partial charge in [-0.2, -0.15) is 0 Å². The van der Waals surface area contributed by atoms with Gasteiger partial charge < -0.3 is 24.4 Å². The Bertz CT molecular complexity index is 617. The van der Waals surface area contributed by atoms with E-state index >= 15 is 0 Å². The standard InChI is InChI=1S/C17H25NO7/c1-5-8-23-15(21)17(18,25-16(22)24-10(2)3)11(4)12-6-7-13(19)14(20)9-12/h6-7,9-11,19-20H,5,8,18H2,1-4H3/t11?,17-/m1/s1. The number of ether oxygens (including phenoxy) is 3. The van der Waals surface area contributed by atoms with E-state index in [0.717, 1.165) is 0 Å². The number of carbonyl (C=O) groups excluding carboxylic acids is 2. The molecule has 0 heterocycles. The van der Waals surface area contributed by atoms with Crippen LogP contribution in [0.5, 0.6) is 11.5 Å². The van der Waals surface area contributed by atoms with Gasteiger partial charge in [0.1, 0.15) is 0 Å². The predicted octanol–water partition coefficient (Wildman–Crippen LogP) is 2.37. The van der Waals surface area contributed by atoms with E-state index in [4.69, 9.17) is 19.9 Å². The molecule has 0 spiro atoms. The van der Waals surface area contributed by atoms with Crippen molar-refractivity contribution in [3.8, 4) is 11.5 Å². The largest absolute Gasteiger partial charge is 0.510 e. The second-order valence-electron chi connectivity index (χ2n) is 5.92. The summed E-state index contributed by atoms with van der Waals surface area (Å²) in [6, 6.07) is 3.92. The van der Waals surface area contributed by atoms with Gasteiger partial charge in [-0.25, -0.2) is 9.59 Å². The van der Waals surface area contributed by atoms with Crippen LogP contribution in [0, 0.1) is 0 Å². The maximum absolute atomic E-state index is 12.4. The highest BCUT2D eigenvalue weighted by atomic mass is 16.7. The topological polar surface area (TPSA) is 128 Å². The molecular weight excluding hydrogens is 330 g/mol. The Morgan fingerprint density at radius 3 is 2.36 bits per heavy atom. The first kappa shape index (κ1) is 20.6. The van der Waals surface area contributed by atoms with Crippen LogP contribution in [0.4, 0.5) is 4.79 Å². The van der Waals surface area contributed by atoms with Gasteiger partial charge >= 0.3 is 12.1 Å². The van der Waals surface area contributed by atoms with Gasteiger partial charge in [-0.3, -0.25) is 5.73 Å². The molecule has 0 bridgehead atoms. The molecule has 1 rings (SSSR count). The van der Waals surface area contributed by atoms with Crippen molar-refractivity contribution in [2.75, 3.05) is 6.61 Å². The van der Waals surface area contributed by atoms with Crippen molar-refractivity contribution >= 4 is 12.1 Å². The summed E-state index contributed by atoms with van der Waals surface area (Å²) < 4.78 is 15.0. The lowest BCUT2D eigenvalue weighted by molar-refractivity contribution is -0.171. The summed E-state index contributed by atoms with van der Waals surface area (Å²) >= 11 is 0. The number of rotatable bonds is 7. The van der Waals surface area contributed by atoms with Crippen molar-refractivity contribution in [1.82, 2.24) is 0 Å². The first-order valence-electron chi connectivity index (χ1n) is 7.99. The fourth-order valence-electron chi connectivity index (χ4n) is 2.03. The van der Waals surface area contributed by atoms with Crippen molar-refractivity contribution in [3.63, 3.8) is 0 Å². The van der Waals surface area contributed by atoms with Crippen LogP contribution in [-0.4, -0.2) is 40.8 Å². The zero-order chi connectivity index (χ0) is 19.2. The Kier molecular flexibility index (Phi) is 7.05. The van der Waals surface area contributed by atoms with Crippen molar-refractivity contribution in [3.05, 3.63) is 23.8 Å². The van der Waals surface area contributed by atoms with E-state index in [1.807, 2.05) is 0 Å². The number of hydrogen-bond donors (Lipinski definition) is 3. The average Bonchev–Trinajstić information content (AvgIpc) is 2.53. The normalized spacial score (nSPS) is 14.5. The molecule has 8 nitrogen and oxygen atoms in total. The minimum Gasteiger partial charge on any atom is -0.504 e. The van der Waals surface area contributed by atoms with Crippen molar-refractivity contribution in [2.24, 2.45) is 5.73 Å². The van der Waals surface area contributed by atoms with Gasteiger partial charge in [0.25, 0.3) is 5.72 Å². The highest BCUT2D eigenvalue weighted by molar-refractivity contribution is 5.83. The Hall–Kier alpha value is -2.48. The minimum absolute atomic E-state index is 0.105. The predicted molar refractivity (Wildman–Crippen MR) is 89.1 cm³/mol. The Morgan fingerprint density at radius 1 is 1.20 bits per heavy atom. The van der Waals surface area contributed by atoms with Gasteiger partial charge in [-0.05, 0) is 38.0 Å². The number of phenolic OH excluding ortho intramolecular Hbond substituents is 2. The number of nitrogens with two attached hydrogens (primary N) is 1. The van der Waals surface area contributed by atoms with E-state index in [1.54, 1.807) is 20.8 Å². The summed E-state index contributed by atoms with van der Waals surface area (Å²) in [4.78, 5) is 24.3. The van der Waals surface area contributed by atoms with Gasteiger partial charge in [0, 0.05) is 5.92 Å². The lowest BCUT2D eigenvalue weighted by Crippen LogP contribution is -2.56. The molecule has 0 saturated heterocycles. The Balaban J connectivity index is 3.16. The zero-order valence-electron chi connectivity index (χ0n) is 14.8. The Morgan fingerprint density at radius 2 is 1.84 bits per heavy atom. The number of esters is 1. The van der Waals surface area contributed by atoms with Gasteiger partial charge in [0.2, 0.25) is 0 Å². The molecule has 0 aliphatic rings. The summed E-state index contributed by atoms with van der Waals surface area (Å²) in [5.74, 6) is -2.54. The van der Waals surface area contributed by atoms with Gasteiger partial charge in [-0.1, -0.05) is 19.9 Å². The van der Waals surface area contributed by atoms with Gasteiger partial charge in [0.15, 0.2) is 11.5 Å². The van der Waals surface area contributed by atoms with E-state index in [9.17, 15) is 19.8 Å². The van der Waals surface area contributed by atoms with E-state index in [-0.39, 0.29) is 12.4 Å². The molecule has 0 aliphatic heterocycles. The molecule has 1 aromatic rings. The summed E-state index contributed by atoms with van der Waals surface area (Å²) in [6.07, 6.45) is -1.01. The third-order valence-corrected chi connectivity index (χ3v) is 3.48. The first-order valence-corrected chi connectivity index (χ1v) is 7.99. The Labute approximate surface area is 146 Å². The lowest BCUT2D eigenvalue weighted by Gasteiger charge is -2.32. The smallest absolute Gasteiger partial charge is 0.504 e. The fraction of sp³-hybridized carbons (Fsp3) is 0.529. The van der Waals surface area contributed by atoms with Crippen LogP contribution in [-0.2, 0) is 19.0 Å². The molecule has 1 aromatic carbocycles. The number of benzene rings is 1. The van der Waals surface area contributed by atoms with E-state index in [0.29, 0.717) is 12.0 Å². The molecule has 1 unspecified atom stereocenters. The minimum atomic E-state index is -2.16. The summed E-state index contributed by atoms with van der Waals surface area (Å²) in [5, 5.41) is 19.1. The van der Waals surface area contributed by atoms with Crippen molar-refractivity contribution in [2.45, 2.75) is 51.9 Å². The lowest BCUT2D eigenvalue weighted by atomic mass is 9.90. The molecule has 8 heteroatoms. The van der Waals surface area contributed by atoms with Gasteiger partial charge in [-0.15, -0.1) is 0 Å². The van der Waals surface area contributed by atoms with Gasteiger partial charge in [0.05, 0.1) is 12.7 Å². The summed E-state index contributed by atoms with van der Waals surface area (Å²) in [6.45, 7) is 6.68. The summed E-state index contributed by atoms with van der Waals surface area (Å²) in [7, 11) is 0. The summed E-state index contributed by atoms with van der Waals surface area (Å²) in [5.41, 5.74) is 4.28. The molecule has 0 amide bonds. The monoisotopic (exact) mass is 355 g/mol. The van der Waals surface area contributed by atoms with E-state index in [2.05, 4.69) is 0 Å². The zero-order valence-corrected chi connectivity index (χ0v) is 14.8. The highest BCUT2D eigenvalue weighted by Crippen LogP contribution is 2.34. The number of phenols is 2. The van der Waals surface area contributed by atoms with Crippen LogP contribution in [0.25, 0.3) is 0 Å². The highest BCUT2D eigenvalue weighted by Gasteiger charge is 2.47. The van der Waals surface area contributed by atoms with Crippen molar-refractivity contribution in [1.29, 1.82) is 0 Å². The number of aromatic hydroxyl groups is 2. The molecule has 0 aromatic heterocycles. The third-order valence-electron chi connectivity index (χ3n) is 3.48. The molecule has 0 radical (unpaired) electrons. The molecular formula is C17H25NO7. The maximum Gasteiger partial charge on any atom is 0.510 e. The van der Waals surface area contributed by atoms with Crippen LogP contribution < -0.4 is 5.73 Å². The average molecular weight is 355 g/mol. The number of carbonyl (C=O) groups is 2. The molecule has 0 saturated carbocycles. The van der Waals surface area contributed by atoms with E-state index < -0.39 is 35.6 Å². The van der Waals surface area contributed by atoms with Crippen LogP contribution in [0.2, 0.25) is 0 Å². The fourth-order valence-corrected chi connectivity index (χ4v) is 2.03. The molecule has 2 atom stereocenters. The van der Waals surface area contributed by atoms with Crippen LogP contribution in [0.3, 0.4) is 0 Å². The molecule has 0 fully saturated rings. The quantitative estimate of drug-likeness (QED) is 0.386. The third kappa shape index (κ3) is 5.25. The van der Waals surface area contributed by atoms with Crippen LogP contribution in [0.1, 0.15) is 45.6 Å². The van der Waals surface area contributed by atoms with E-state index in [1.165, 1.54) is 25.1 Å². The SMILES string of the molecule is CCCOC(=O)[C@](N)(OC(=O)OC(C)C)C(C)c1ccc(O)c(O)c1. The van der Waals surface area contributed by atoms with Crippen molar-refractivity contribution < 1.29 is 34.0 Å². The molecule has 4 N–H and O–H groups in total.